The lowest BCUT2D eigenvalue weighted by Gasteiger charge is -2.22. The van der Waals surface area contributed by atoms with Gasteiger partial charge in [-0.2, -0.15) is 0 Å². The van der Waals surface area contributed by atoms with Crippen molar-refractivity contribution in [2.24, 2.45) is 0 Å². The van der Waals surface area contributed by atoms with Crippen molar-refractivity contribution in [2.75, 3.05) is 39.2 Å². The van der Waals surface area contributed by atoms with Crippen LogP contribution in [0, 0.1) is 0 Å². The first-order chi connectivity index (χ1) is 13.2. The minimum Gasteiger partial charge on any atom is -0.497 e. The largest absolute Gasteiger partial charge is 0.497 e. The number of carbonyl (C=O) groups excluding carboxylic acids is 1. The first-order valence-corrected chi connectivity index (χ1v) is 10.1. The highest BCUT2D eigenvalue weighted by Crippen LogP contribution is 2.28. The molecule has 7 heteroatoms. The Morgan fingerprint density at radius 3 is 2.89 bits per heavy atom. The van der Waals surface area contributed by atoms with Crippen molar-refractivity contribution in [3.63, 3.8) is 0 Å². The summed E-state index contributed by atoms with van der Waals surface area (Å²) in [5.41, 5.74) is 0.620. The highest BCUT2D eigenvalue weighted by Gasteiger charge is 2.24. The molecule has 1 aromatic carbocycles. The van der Waals surface area contributed by atoms with Gasteiger partial charge in [0.1, 0.15) is 30.7 Å². The van der Waals surface area contributed by atoms with Gasteiger partial charge in [0.05, 0.1) is 24.8 Å². The SMILES string of the molecule is COc1ccc(OC)c(NC(=O)C[NH+](Cc2cccs2)C[C@@H]2CCCO2)c1. The summed E-state index contributed by atoms with van der Waals surface area (Å²) >= 11 is 1.72. The summed E-state index contributed by atoms with van der Waals surface area (Å²) in [6, 6.07) is 9.53. The topological polar surface area (TPSA) is 61.2 Å². The fourth-order valence-electron chi connectivity index (χ4n) is 3.33. The molecule has 1 unspecified atom stereocenters. The number of rotatable bonds is 9. The van der Waals surface area contributed by atoms with E-state index in [1.165, 1.54) is 9.78 Å². The number of thiophene rings is 1. The number of amides is 1. The molecule has 0 aliphatic carbocycles. The predicted molar refractivity (Wildman–Crippen MR) is 106 cm³/mol. The van der Waals surface area contributed by atoms with Gasteiger partial charge in [0, 0.05) is 12.7 Å². The zero-order chi connectivity index (χ0) is 19.1. The number of benzene rings is 1. The molecule has 0 spiro atoms. The van der Waals surface area contributed by atoms with Crippen LogP contribution in [0.4, 0.5) is 5.69 Å². The van der Waals surface area contributed by atoms with Crippen LogP contribution in [-0.4, -0.2) is 45.9 Å². The molecule has 2 aromatic rings. The Morgan fingerprint density at radius 2 is 2.22 bits per heavy atom. The van der Waals surface area contributed by atoms with E-state index in [0.717, 1.165) is 32.5 Å². The Kier molecular flexibility index (Phi) is 7.09. The van der Waals surface area contributed by atoms with Crippen molar-refractivity contribution in [3.05, 3.63) is 40.6 Å². The van der Waals surface area contributed by atoms with Gasteiger partial charge in [0.25, 0.3) is 5.91 Å². The number of carbonyl (C=O) groups is 1. The Balaban J connectivity index is 1.66. The molecule has 1 aromatic heterocycles. The van der Waals surface area contributed by atoms with E-state index in [0.29, 0.717) is 23.7 Å². The number of ether oxygens (including phenoxy) is 3. The van der Waals surface area contributed by atoms with E-state index in [-0.39, 0.29) is 12.0 Å². The van der Waals surface area contributed by atoms with Crippen LogP contribution in [0.1, 0.15) is 17.7 Å². The normalized spacial score (nSPS) is 17.5. The molecule has 6 nitrogen and oxygen atoms in total. The maximum Gasteiger partial charge on any atom is 0.279 e. The fourth-order valence-corrected chi connectivity index (χ4v) is 4.10. The van der Waals surface area contributed by atoms with Crippen LogP contribution in [0.2, 0.25) is 0 Å². The summed E-state index contributed by atoms with van der Waals surface area (Å²) in [7, 11) is 3.19. The summed E-state index contributed by atoms with van der Waals surface area (Å²) in [4.78, 5) is 15.2. The van der Waals surface area contributed by atoms with Crippen molar-refractivity contribution in [3.8, 4) is 11.5 Å². The predicted octanol–water partition coefficient (Wildman–Crippen LogP) is 1.97. The second-order valence-corrected chi connectivity index (χ2v) is 7.67. The molecule has 1 saturated heterocycles. The molecule has 1 aliphatic heterocycles. The molecule has 0 bridgehead atoms. The highest BCUT2D eigenvalue weighted by molar-refractivity contribution is 7.09. The van der Waals surface area contributed by atoms with Crippen molar-refractivity contribution in [1.82, 2.24) is 0 Å². The molecular weight excluding hydrogens is 364 g/mol. The van der Waals surface area contributed by atoms with Gasteiger partial charge in [-0.05, 0) is 36.4 Å². The summed E-state index contributed by atoms with van der Waals surface area (Å²) < 4.78 is 16.4. The summed E-state index contributed by atoms with van der Waals surface area (Å²) in [6.45, 7) is 2.85. The van der Waals surface area contributed by atoms with Gasteiger partial charge in [-0.25, -0.2) is 0 Å². The molecule has 2 N–H and O–H groups in total. The Bertz CT molecular complexity index is 730. The van der Waals surface area contributed by atoms with E-state index >= 15 is 0 Å². The minimum atomic E-state index is -0.0499. The molecular formula is C20H27N2O4S+. The van der Waals surface area contributed by atoms with Gasteiger partial charge < -0.3 is 24.4 Å². The van der Waals surface area contributed by atoms with Crippen molar-refractivity contribution < 1.29 is 23.9 Å². The Hall–Kier alpha value is -2.09. The number of methoxy groups -OCH3 is 2. The van der Waals surface area contributed by atoms with E-state index in [9.17, 15) is 4.79 Å². The van der Waals surface area contributed by atoms with E-state index < -0.39 is 0 Å². The highest BCUT2D eigenvalue weighted by atomic mass is 32.1. The van der Waals surface area contributed by atoms with Crippen LogP contribution in [0.5, 0.6) is 11.5 Å². The Labute approximate surface area is 164 Å². The second-order valence-electron chi connectivity index (χ2n) is 6.64. The number of hydrogen-bond donors (Lipinski definition) is 2. The second kappa shape index (κ2) is 9.73. The van der Waals surface area contributed by atoms with Gasteiger partial charge in [0.2, 0.25) is 0 Å². The average Bonchev–Trinajstić information content (AvgIpc) is 3.35. The van der Waals surface area contributed by atoms with E-state index in [1.807, 2.05) is 6.07 Å². The molecule has 3 rings (SSSR count). The fraction of sp³-hybridized carbons (Fsp3) is 0.450. The average molecular weight is 392 g/mol. The lowest BCUT2D eigenvalue weighted by atomic mass is 10.2. The Morgan fingerprint density at radius 1 is 1.33 bits per heavy atom. The van der Waals surface area contributed by atoms with Crippen LogP contribution in [0.25, 0.3) is 0 Å². The zero-order valence-corrected chi connectivity index (χ0v) is 16.6. The monoisotopic (exact) mass is 391 g/mol. The first-order valence-electron chi connectivity index (χ1n) is 9.17. The standard InChI is InChI=1S/C20H26N2O4S/c1-24-15-7-8-19(25-2)18(11-15)21-20(23)14-22(12-16-5-3-9-26-16)13-17-6-4-10-27-17/h4,6-8,10-11,16H,3,5,9,12-14H2,1-2H3,(H,21,23)/p+1/t16-/m0/s1. The maximum absolute atomic E-state index is 12.7. The van der Waals surface area contributed by atoms with Crippen molar-refractivity contribution in [2.45, 2.75) is 25.5 Å². The number of nitrogens with one attached hydrogen (secondary N) is 2. The number of anilines is 1. The third-order valence-electron chi connectivity index (χ3n) is 4.64. The van der Waals surface area contributed by atoms with Gasteiger partial charge in [-0.15, -0.1) is 11.3 Å². The van der Waals surface area contributed by atoms with Crippen molar-refractivity contribution >= 4 is 22.9 Å². The van der Waals surface area contributed by atoms with Gasteiger partial charge in [-0.3, -0.25) is 4.79 Å². The molecule has 1 aliphatic rings. The van der Waals surface area contributed by atoms with Crippen molar-refractivity contribution in [1.29, 1.82) is 0 Å². The van der Waals surface area contributed by atoms with Crippen LogP contribution in [-0.2, 0) is 16.1 Å². The minimum absolute atomic E-state index is 0.0499. The smallest absolute Gasteiger partial charge is 0.279 e. The van der Waals surface area contributed by atoms with Gasteiger partial charge in [-0.1, -0.05) is 6.07 Å². The molecule has 0 saturated carbocycles. The molecule has 1 amide bonds. The zero-order valence-electron chi connectivity index (χ0n) is 15.8. The lowest BCUT2D eigenvalue weighted by Crippen LogP contribution is -3.12. The van der Waals surface area contributed by atoms with E-state index in [4.69, 9.17) is 14.2 Å². The van der Waals surface area contributed by atoms with Crippen LogP contribution < -0.4 is 19.7 Å². The van der Waals surface area contributed by atoms with E-state index in [2.05, 4.69) is 16.8 Å². The van der Waals surface area contributed by atoms with Crippen LogP contribution in [0.15, 0.2) is 35.7 Å². The molecule has 0 radical (unpaired) electrons. The maximum atomic E-state index is 12.7. The molecule has 146 valence electrons. The van der Waals surface area contributed by atoms with Crippen LogP contribution >= 0.6 is 11.3 Å². The molecule has 2 heterocycles. The number of hydrogen-bond acceptors (Lipinski definition) is 5. The van der Waals surface area contributed by atoms with Crippen LogP contribution in [0.3, 0.4) is 0 Å². The first kappa shape index (κ1) is 19.7. The summed E-state index contributed by atoms with van der Waals surface area (Å²) in [5.74, 6) is 1.24. The third-order valence-corrected chi connectivity index (χ3v) is 5.51. The summed E-state index contributed by atoms with van der Waals surface area (Å²) in [6.07, 6.45) is 2.41. The lowest BCUT2D eigenvalue weighted by molar-refractivity contribution is -0.908. The quantitative estimate of drug-likeness (QED) is 0.686. The summed E-state index contributed by atoms with van der Waals surface area (Å²) in [5, 5.41) is 5.04. The van der Waals surface area contributed by atoms with Gasteiger partial charge in [0.15, 0.2) is 6.54 Å². The van der Waals surface area contributed by atoms with E-state index in [1.54, 1.807) is 43.8 Å². The molecule has 1 fully saturated rings. The molecule has 2 atom stereocenters. The van der Waals surface area contributed by atoms with Gasteiger partial charge >= 0.3 is 0 Å². The molecule has 27 heavy (non-hydrogen) atoms. The third kappa shape index (κ3) is 5.69. The number of quaternary nitrogens is 1.